The summed E-state index contributed by atoms with van der Waals surface area (Å²) in [5, 5.41) is 9.27. The molecule has 0 unspecified atom stereocenters. The van der Waals surface area contributed by atoms with Gasteiger partial charge in [0, 0.05) is 0 Å². The number of nitrogens with zero attached hydrogens (tertiary/aromatic N) is 1. The van der Waals surface area contributed by atoms with Gasteiger partial charge in [0.25, 0.3) is 0 Å². The Balaban J connectivity index is 2.10. The number of hydrogen-bond acceptors (Lipinski definition) is 4. The zero-order valence-corrected chi connectivity index (χ0v) is 11.0. The van der Waals surface area contributed by atoms with Gasteiger partial charge in [-0.1, -0.05) is 30.3 Å². The van der Waals surface area contributed by atoms with Gasteiger partial charge in [-0.3, -0.25) is 4.90 Å². The summed E-state index contributed by atoms with van der Waals surface area (Å²) >= 11 is 0. The second-order valence-corrected chi connectivity index (χ2v) is 4.65. The fourth-order valence-corrected chi connectivity index (χ4v) is 2.22. The van der Waals surface area contributed by atoms with Crippen LogP contribution in [0, 0.1) is 0 Å². The maximum atomic E-state index is 11.6. The van der Waals surface area contributed by atoms with E-state index in [-0.39, 0.29) is 6.42 Å². The van der Waals surface area contributed by atoms with E-state index in [0.29, 0.717) is 6.42 Å². The van der Waals surface area contributed by atoms with Crippen LogP contribution in [-0.2, 0) is 20.7 Å². The molecule has 6 nitrogen and oxygen atoms in total. The quantitative estimate of drug-likeness (QED) is 0.650. The molecule has 6 heteroatoms. The molecule has 0 spiro atoms. The van der Waals surface area contributed by atoms with Crippen LogP contribution in [0.4, 0.5) is 4.79 Å². The minimum Gasteiger partial charge on any atom is -0.480 e. The normalized spacial score (nSPS) is 19.9. The van der Waals surface area contributed by atoms with Gasteiger partial charge in [0.05, 0.1) is 0 Å². The van der Waals surface area contributed by atoms with Gasteiger partial charge in [0.2, 0.25) is 0 Å². The Bertz CT molecular complexity index is 528. The maximum absolute atomic E-state index is 11.6. The first-order chi connectivity index (χ1) is 9.50. The van der Waals surface area contributed by atoms with Crippen molar-refractivity contribution in [1.29, 1.82) is 0 Å². The lowest BCUT2D eigenvalue weighted by atomic mass is 10.0. The summed E-state index contributed by atoms with van der Waals surface area (Å²) in [7, 11) is 0. The monoisotopic (exact) mass is 277 g/mol. The fraction of sp³-hybridized carbons (Fsp3) is 0.357. The van der Waals surface area contributed by atoms with E-state index < -0.39 is 30.1 Å². The molecule has 1 aromatic rings. The lowest BCUT2D eigenvalue weighted by molar-refractivity contribution is -0.143. The van der Waals surface area contributed by atoms with E-state index in [1.807, 2.05) is 30.3 Å². The summed E-state index contributed by atoms with van der Waals surface area (Å²) in [6, 6.07) is 7.44. The van der Waals surface area contributed by atoms with Crippen molar-refractivity contribution < 1.29 is 24.2 Å². The highest BCUT2D eigenvalue weighted by Gasteiger charge is 2.44. The topological polar surface area (TPSA) is 83.9 Å². The molecule has 0 aliphatic carbocycles. The zero-order valence-electron chi connectivity index (χ0n) is 11.0. The molecule has 0 aromatic heterocycles. The van der Waals surface area contributed by atoms with Gasteiger partial charge in [-0.15, -0.1) is 0 Å². The van der Waals surface area contributed by atoms with Gasteiger partial charge >= 0.3 is 18.0 Å². The largest absolute Gasteiger partial charge is 0.480 e. The molecule has 1 aliphatic heterocycles. The Morgan fingerprint density at radius 1 is 1.35 bits per heavy atom. The third kappa shape index (κ3) is 2.79. The summed E-state index contributed by atoms with van der Waals surface area (Å²) in [5.74, 6) is -1.85. The Labute approximate surface area is 115 Å². The molecule has 106 valence electrons. The molecule has 1 aromatic carbocycles. The number of aliphatic carboxylic acids is 1. The van der Waals surface area contributed by atoms with E-state index >= 15 is 0 Å². The molecule has 1 N–H and O–H groups in total. The number of cyclic esters (lactones) is 2. The molecule has 0 saturated carbocycles. The van der Waals surface area contributed by atoms with Crippen LogP contribution in [0.1, 0.15) is 18.9 Å². The van der Waals surface area contributed by atoms with Crippen molar-refractivity contribution in [2.45, 2.75) is 31.8 Å². The third-order valence-corrected chi connectivity index (χ3v) is 3.33. The summed E-state index contributed by atoms with van der Waals surface area (Å²) in [5.41, 5.74) is 0.977. The number of hydrogen-bond donors (Lipinski definition) is 1. The van der Waals surface area contributed by atoms with Crippen LogP contribution in [0.15, 0.2) is 30.3 Å². The van der Waals surface area contributed by atoms with Crippen molar-refractivity contribution in [3.8, 4) is 0 Å². The summed E-state index contributed by atoms with van der Waals surface area (Å²) < 4.78 is 4.45. The minimum absolute atomic E-state index is 0.228. The molecule has 1 aliphatic rings. The van der Waals surface area contributed by atoms with E-state index in [9.17, 15) is 19.5 Å². The highest BCUT2D eigenvalue weighted by Crippen LogP contribution is 2.20. The molecule has 1 heterocycles. The van der Waals surface area contributed by atoms with Crippen LogP contribution in [0.25, 0.3) is 0 Å². The highest BCUT2D eigenvalue weighted by atomic mass is 16.6. The van der Waals surface area contributed by atoms with Crippen LogP contribution < -0.4 is 0 Å². The summed E-state index contributed by atoms with van der Waals surface area (Å²) in [6.45, 7) is 1.46. The minimum atomic E-state index is -1.14. The van der Waals surface area contributed by atoms with Crippen LogP contribution in [0.3, 0.4) is 0 Å². The van der Waals surface area contributed by atoms with Crippen LogP contribution in [0.2, 0.25) is 0 Å². The standard InChI is InChI=1S/C14H15NO5/c1-9-13(18)20-14(19)15(9)11(12(16)17)8-7-10-5-3-2-4-6-10/h2-6,9,11H,7-8H2,1H3,(H,16,17)/t9-,11-/m0/s1. The highest BCUT2D eigenvalue weighted by molar-refractivity contribution is 5.97. The van der Waals surface area contributed by atoms with Gasteiger partial charge in [0.15, 0.2) is 0 Å². The molecule has 2 atom stereocenters. The average Bonchev–Trinajstić information content (AvgIpc) is 2.66. The second-order valence-electron chi connectivity index (χ2n) is 4.65. The molecule has 0 radical (unpaired) electrons. The van der Waals surface area contributed by atoms with E-state index in [1.165, 1.54) is 6.92 Å². The number of rotatable bonds is 5. The third-order valence-electron chi connectivity index (χ3n) is 3.33. The molecule has 1 saturated heterocycles. The average molecular weight is 277 g/mol. The van der Waals surface area contributed by atoms with Crippen molar-refractivity contribution >= 4 is 18.0 Å². The first-order valence-corrected chi connectivity index (χ1v) is 6.31. The maximum Gasteiger partial charge on any atom is 0.419 e. The zero-order chi connectivity index (χ0) is 14.7. The van der Waals surface area contributed by atoms with Crippen molar-refractivity contribution in [1.82, 2.24) is 4.90 Å². The molecular weight excluding hydrogens is 262 g/mol. The molecule has 0 bridgehead atoms. The van der Waals surface area contributed by atoms with Crippen LogP contribution >= 0.6 is 0 Å². The lowest BCUT2D eigenvalue weighted by Crippen LogP contribution is -2.46. The van der Waals surface area contributed by atoms with Crippen molar-refractivity contribution in [2.24, 2.45) is 0 Å². The first-order valence-electron chi connectivity index (χ1n) is 6.31. The van der Waals surface area contributed by atoms with Gasteiger partial charge in [0.1, 0.15) is 12.1 Å². The molecular formula is C14H15NO5. The summed E-state index contributed by atoms with van der Waals surface area (Å²) in [4.78, 5) is 35.2. The van der Waals surface area contributed by atoms with Crippen molar-refractivity contribution in [3.63, 3.8) is 0 Å². The van der Waals surface area contributed by atoms with Crippen molar-refractivity contribution in [3.05, 3.63) is 35.9 Å². The number of esters is 1. The van der Waals surface area contributed by atoms with Crippen LogP contribution in [-0.4, -0.2) is 40.1 Å². The Kier molecular flexibility index (Phi) is 4.02. The van der Waals surface area contributed by atoms with Crippen LogP contribution in [0.5, 0.6) is 0 Å². The van der Waals surface area contributed by atoms with E-state index in [2.05, 4.69) is 4.74 Å². The van der Waals surface area contributed by atoms with E-state index in [4.69, 9.17) is 0 Å². The number of carboxylic acid groups (broad SMARTS) is 1. The van der Waals surface area contributed by atoms with Gasteiger partial charge in [-0.2, -0.15) is 0 Å². The SMILES string of the molecule is C[C@H]1C(=O)OC(=O)N1[C@@H](CCc1ccccc1)C(=O)O. The lowest BCUT2D eigenvalue weighted by Gasteiger charge is -2.24. The number of ether oxygens (including phenoxy) is 1. The molecule has 1 amide bonds. The molecule has 20 heavy (non-hydrogen) atoms. The predicted octanol–water partition coefficient (Wildman–Crippen LogP) is 1.44. The second kappa shape index (κ2) is 5.73. The van der Waals surface area contributed by atoms with E-state index in [0.717, 1.165) is 10.5 Å². The predicted molar refractivity (Wildman–Crippen MR) is 69.0 cm³/mol. The molecule has 2 rings (SSSR count). The Morgan fingerprint density at radius 3 is 2.50 bits per heavy atom. The molecule has 1 fully saturated rings. The van der Waals surface area contributed by atoms with Gasteiger partial charge in [-0.25, -0.2) is 14.4 Å². The Morgan fingerprint density at radius 2 is 2.00 bits per heavy atom. The smallest absolute Gasteiger partial charge is 0.419 e. The number of amides is 1. The number of benzene rings is 1. The van der Waals surface area contributed by atoms with Crippen molar-refractivity contribution in [2.75, 3.05) is 0 Å². The fourth-order valence-electron chi connectivity index (χ4n) is 2.22. The van der Waals surface area contributed by atoms with Gasteiger partial charge < -0.3 is 9.84 Å². The number of carboxylic acids is 1. The number of aryl methyl sites for hydroxylation is 1. The number of carbonyl (C=O) groups excluding carboxylic acids is 2. The summed E-state index contributed by atoms with van der Waals surface area (Å²) in [6.07, 6.45) is -0.155. The van der Waals surface area contributed by atoms with E-state index in [1.54, 1.807) is 0 Å². The Hall–Kier alpha value is -2.37. The van der Waals surface area contributed by atoms with Gasteiger partial charge in [-0.05, 0) is 25.3 Å². The number of carbonyl (C=O) groups is 3. The first kappa shape index (κ1) is 14.0.